The van der Waals surface area contributed by atoms with Gasteiger partial charge < -0.3 is 4.74 Å². The minimum Gasteiger partial charge on any atom is -0.456 e. The van der Waals surface area contributed by atoms with Crippen molar-refractivity contribution in [3.05, 3.63) is 57.5 Å². The minimum atomic E-state index is 0.441. The van der Waals surface area contributed by atoms with Crippen LogP contribution in [0.1, 0.15) is 5.56 Å². The molecule has 0 fully saturated rings. The molecule has 2 rings (SSSR count). The van der Waals surface area contributed by atoms with E-state index >= 15 is 0 Å². The molecule has 0 spiro atoms. The van der Waals surface area contributed by atoms with Gasteiger partial charge in [0.15, 0.2) is 0 Å². The van der Waals surface area contributed by atoms with Gasteiger partial charge >= 0.3 is 0 Å². The second-order valence-corrected chi connectivity index (χ2v) is 5.05. The molecule has 0 N–H and O–H groups in total. The Labute approximate surface area is 118 Å². The molecule has 17 heavy (non-hydrogen) atoms. The molecule has 0 atom stereocenters. The molecule has 2 aromatic rings. The number of rotatable bonds is 3. The maximum atomic E-state index is 6.10. The fourth-order valence-electron chi connectivity index (χ4n) is 1.37. The molecule has 0 saturated heterocycles. The van der Waals surface area contributed by atoms with Gasteiger partial charge in [-0.05, 0) is 35.9 Å². The van der Waals surface area contributed by atoms with E-state index in [1.807, 2.05) is 42.5 Å². The van der Waals surface area contributed by atoms with Crippen LogP contribution in [0, 0.1) is 0 Å². The second-order valence-electron chi connectivity index (χ2n) is 3.46. The molecule has 0 aliphatic carbocycles. The number of halogens is 3. The van der Waals surface area contributed by atoms with Crippen LogP contribution < -0.4 is 4.74 Å². The second kappa shape index (κ2) is 5.76. The van der Waals surface area contributed by atoms with Crippen LogP contribution in [0.15, 0.2) is 46.9 Å². The Hall–Kier alpha value is -0.700. The largest absolute Gasteiger partial charge is 0.456 e. The lowest BCUT2D eigenvalue weighted by atomic mass is 10.2. The lowest BCUT2D eigenvalue weighted by Crippen LogP contribution is -1.86. The Bertz CT molecular complexity index is 529. The number of benzene rings is 2. The first-order chi connectivity index (χ1) is 8.19. The Kier molecular flexibility index (Phi) is 4.32. The van der Waals surface area contributed by atoms with Crippen molar-refractivity contribution >= 4 is 39.1 Å². The van der Waals surface area contributed by atoms with Gasteiger partial charge in [-0.15, -0.1) is 11.6 Å². The molecule has 0 aliphatic rings. The van der Waals surface area contributed by atoms with E-state index < -0.39 is 0 Å². The van der Waals surface area contributed by atoms with Crippen molar-refractivity contribution in [1.29, 1.82) is 0 Å². The molecule has 88 valence electrons. The van der Waals surface area contributed by atoms with Crippen molar-refractivity contribution in [3.8, 4) is 11.5 Å². The summed E-state index contributed by atoms with van der Waals surface area (Å²) in [4.78, 5) is 0. The summed E-state index contributed by atoms with van der Waals surface area (Å²) in [5.41, 5.74) is 0.971. The van der Waals surface area contributed by atoms with Gasteiger partial charge in [-0.2, -0.15) is 0 Å². The van der Waals surface area contributed by atoms with E-state index in [0.717, 1.165) is 15.8 Å². The molecule has 0 amide bonds. The van der Waals surface area contributed by atoms with E-state index in [1.54, 1.807) is 0 Å². The summed E-state index contributed by atoms with van der Waals surface area (Å²) in [5.74, 6) is 1.80. The van der Waals surface area contributed by atoms with Gasteiger partial charge in [0.05, 0.1) is 5.02 Å². The normalized spacial score (nSPS) is 10.3. The van der Waals surface area contributed by atoms with E-state index in [4.69, 9.17) is 27.9 Å². The van der Waals surface area contributed by atoms with Crippen LogP contribution >= 0.6 is 39.1 Å². The number of hydrogen-bond acceptors (Lipinski definition) is 1. The smallest absolute Gasteiger partial charge is 0.146 e. The molecule has 2 aromatic carbocycles. The van der Waals surface area contributed by atoms with Crippen LogP contribution in [0.3, 0.4) is 0 Å². The van der Waals surface area contributed by atoms with E-state index in [1.165, 1.54) is 0 Å². The van der Waals surface area contributed by atoms with Crippen molar-refractivity contribution in [2.45, 2.75) is 5.88 Å². The molecule has 4 heteroatoms. The molecular weight excluding hydrogens is 323 g/mol. The third-order valence-electron chi connectivity index (χ3n) is 2.17. The third kappa shape index (κ3) is 3.38. The van der Waals surface area contributed by atoms with Gasteiger partial charge in [0.2, 0.25) is 0 Å². The molecular formula is C13H9BrCl2O. The Morgan fingerprint density at radius 1 is 1.12 bits per heavy atom. The van der Waals surface area contributed by atoms with Crippen molar-refractivity contribution in [2.24, 2.45) is 0 Å². The van der Waals surface area contributed by atoms with Gasteiger partial charge in [-0.25, -0.2) is 0 Å². The fourth-order valence-corrected chi connectivity index (χ4v) is 2.15. The zero-order valence-corrected chi connectivity index (χ0v) is 11.9. The van der Waals surface area contributed by atoms with Crippen LogP contribution in [-0.2, 0) is 5.88 Å². The van der Waals surface area contributed by atoms with Gasteiger partial charge in [0.1, 0.15) is 11.5 Å². The first kappa shape index (κ1) is 12.7. The average molecular weight is 332 g/mol. The maximum absolute atomic E-state index is 6.10. The predicted octanol–water partition coefficient (Wildman–Crippen LogP) is 5.63. The van der Waals surface area contributed by atoms with Crippen LogP contribution in [0.2, 0.25) is 5.02 Å². The highest BCUT2D eigenvalue weighted by molar-refractivity contribution is 9.10. The van der Waals surface area contributed by atoms with Crippen LogP contribution in [0.4, 0.5) is 0 Å². The standard InChI is InChI=1S/C13H9BrCl2O/c14-10-2-1-3-11(7-10)17-13-5-4-9(8-15)6-12(13)16/h1-7H,8H2. The van der Waals surface area contributed by atoms with E-state index in [0.29, 0.717) is 16.7 Å². The average Bonchev–Trinajstić information content (AvgIpc) is 2.32. The molecule has 0 saturated carbocycles. The predicted molar refractivity (Wildman–Crippen MR) is 75.2 cm³/mol. The highest BCUT2D eigenvalue weighted by atomic mass is 79.9. The SMILES string of the molecule is ClCc1ccc(Oc2cccc(Br)c2)c(Cl)c1. The van der Waals surface area contributed by atoms with Crippen molar-refractivity contribution in [1.82, 2.24) is 0 Å². The Morgan fingerprint density at radius 2 is 1.94 bits per heavy atom. The topological polar surface area (TPSA) is 9.23 Å². The summed E-state index contributed by atoms with van der Waals surface area (Å²) in [7, 11) is 0. The van der Waals surface area contributed by atoms with Crippen molar-refractivity contribution in [3.63, 3.8) is 0 Å². The molecule has 0 bridgehead atoms. The highest BCUT2D eigenvalue weighted by Gasteiger charge is 2.04. The molecule has 1 nitrogen and oxygen atoms in total. The van der Waals surface area contributed by atoms with Crippen molar-refractivity contribution < 1.29 is 4.74 Å². The van der Waals surface area contributed by atoms with Crippen LogP contribution in [0.25, 0.3) is 0 Å². The first-order valence-corrected chi connectivity index (χ1v) is 6.67. The van der Waals surface area contributed by atoms with E-state index in [-0.39, 0.29) is 0 Å². The zero-order valence-electron chi connectivity index (χ0n) is 8.79. The molecule has 0 radical (unpaired) electrons. The molecule has 0 aromatic heterocycles. The van der Waals surface area contributed by atoms with Gasteiger partial charge in [0, 0.05) is 10.4 Å². The summed E-state index contributed by atoms with van der Waals surface area (Å²) in [5, 5.41) is 0.558. The summed E-state index contributed by atoms with van der Waals surface area (Å²) in [6, 6.07) is 13.1. The van der Waals surface area contributed by atoms with Gasteiger partial charge in [-0.3, -0.25) is 0 Å². The van der Waals surface area contributed by atoms with Gasteiger partial charge in [-0.1, -0.05) is 39.7 Å². The highest BCUT2D eigenvalue weighted by Crippen LogP contribution is 2.31. The number of hydrogen-bond donors (Lipinski definition) is 0. The van der Waals surface area contributed by atoms with E-state index in [9.17, 15) is 0 Å². The van der Waals surface area contributed by atoms with Crippen LogP contribution in [0.5, 0.6) is 11.5 Å². The molecule has 0 heterocycles. The Morgan fingerprint density at radius 3 is 2.59 bits per heavy atom. The monoisotopic (exact) mass is 330 g/mol. The summed E-state index contributed by atoms with van der Waals surface area (Å²) >= 11 is 15.2. The summed E-state index contributed by atoms with van der Waals surface area (Å²) in [6.07, 6.45) is 0. The van der Waals surface area contributed by atoms with Crippen LogP contribution in [-0.4, -0.2) is 0 Å². The lowest BCUT2D eigenvalue weighted by Gasteiger charge is -2.08. The molecule has 0 unspecified atom stereocenters. The number of alkyl halides is 1. The maximum Gasteiger partial charge on any atom is 0.146 e. The fraction of sp³-hybridized carbons (Fsp3) is 0.0769. The van der Waals surface area contributed by atoms with Gasteiger partial charge in [0.25, 0.3) is 0 Å². The lowest BCUT2D eigenvalue weighted by molar-refractivity contribution is 0.482. The quantitative estimate of drug-likeness (QED) is 0.662. The minimum absolute atomic E-state index is 0.441. The summed E-state index contributed by atoms with van der Waals surface area (Å²) in [6.45, 7) is 0. The first-order valence-electron chi connectivity index (χ1n) is 4.97. The zero-order chi connectivity index (χ0) is 12.3. The number of ether oxygens (including phenoxy) is 1. The van der Waals surface area contributed by atoms with Crippen molar-refractivity contribution in [2.75, 3.05) is 0 Å². The summed E-state index contributed by atoms with van der Waals surface area (Å²) < 4.78 is 6.65. The third-order valence-corrected chi connectivity index (χ3v) is 3.27. The molecule has 0 aliphatic heterocycles. The van der Waals surface area contributed by atoms with E-state index in [2.05, 4.69) is 15.9 Å². The Balaban J connectivity index is 2.24.